The van der Waals surface area contributed by atoms with Crippen LogP contribution in [0.5, 0.6) is 0 Å². The molecule has 0 radical (unpaired) electrons. The second-order valence-electron chi connectivity index (χ2n) is 2.46. The topological polar surface area (TPSA) is 12.9 Å². The lowest BCUT2D eigenvalue weighted by Gasteiger charge is -1.98. The standard InChI is InChI=1S/C9H5Cl2N/c10-6-4-8(11)7-2-1-3-12-9(7)5-6/h1-5H. The number of hydrogen-bond donors (Lipinski definition) is 0. The molecule has 0 saturated carbocycles. The first kappa shape index (κ1) is 7.84. The van der Waals surface area contributed by atoms with Crippen molar-refractivity contribution in [3.8, 4) is 0 Å². The van der Waals surface area contributed by atoms with Crippen molar-refractivity contribution in [2.45, 2.75) is 0 Å². The summed E-state index contributed by atoms with van der Waals surface area (Å²) in [6.45, 7) is 0. The Kier molecular flexibility index (Phi) is 1.91. The zero-order valence-electron chi connectivity index (χ0n) is 6.09. The number of fused-ring (bicyclic) bond motifs is 1. The lowest BCUT2D eigenvalue weighted by atomic mass is 10.2. The van der Waals surface area contributed by atoms with Gasteiger partial charge in [0, 0.05) is 16.6 Å². The summed E-state index contributed by atoms with van der Waals surface area (Å²) < 4.78 is 0. The van der Waals surface area contributed by atoms with Crippen LogP contribution in [0.2, 0.25) is 10.0 Å². The van der Waals surface area contributed by atoms with E-state index in [0.29, 0.717) is 10.0 Å². The van der Waals surface area contributed by atoms with Crippen LogP contribution in [-0.2, 0) is 0 Å². The van der Waals surface area contributed by atoms with Gasteiger partial charge in [0.15, 0.2) is 0 Å². The monoisotopic (exact) mass is 197 g/mol. The molecule has 0 aliphatic carbocycles. The van der Waals surface area contributed by atoms with Crippen LogP contribution >= 0.6 is 23.2 Å². The van der Waals surface area contributed by atoms with Gasteiger partial charge in [0.1, 0.15) is 0 Å². The van der Waals surface area contributed by atoms with Crippen LogP contribution in [0.3, 0.4) is 0 Å². The van der Waals surface area contributed by atoms with Crippen molar-refractivity contribution < 1.29 is 0 Å². The lowest BCUT2D eigenvalue weighted by Crippen LogP contribution is -1.78. The minimum Gasteiger partial charge on any atom is -0.256 e. The highest BCUT2D eigenvalue weighted by Gasteiger charge is 2.00. The Labute approximate surface area is 79.9 Å². The van der Waals surface area contributed by atoms with Crippen LogP contribution in [0.4, 0.5) is 0 Å². The van der Waals surface area contributed by atoms with E-state index in [-0.39, 0.29) is 0 Å². The number of pyridine rings is 1. The number of benzene rings is 1. The maximum absolute atomic E-state index is 5.94. The van der Waals surface area contributed by atoms with Gasteiger partial charge in [-0.05, 0) is 24.3 Å². The van der Waals surface area contributed by atoms with E-state index in [1.54, 1.807) is 18.3 Å². The number of nitrogens with zero attached hydrogens (tertiary/aromatic N) is 1. The Balaban J connectivity index is 2.89. The van der Waals surface area contributed by atoms with Gasteiger partial charge in [0.05, 0.1) is 10.5 Å². The maximum Gasteiger partial charge on any atom is 0.0731 e. The Bertz CT molecular complexity index is 426. The average molecular weight is 198 g/mol. The summed E-state index contributed by atoms with van der Waals surface area (Å²) >= 11 is 11.7. The highest BCUT2D eigenvalue weighted by Crippen LogP contribution is 2.25. The third-order valence-corrected chi connectivity index (χ3v) is 2.17. The zero-order valence-corrected chi connectivity index (χ0v) is 7.60. The van der Waals surface area contributed by atoms with Crippen LogP contribution in [0.1, 0.15) is 0 Å². The van der Waals surface area contributed by atoms with E-state index in [1.165, 1.54) is 0 Å². The Morgan fingerprint density at radius 2 is 2.00 bits per heavy atom. The first-order chi connectivity index (χ1) is 5.77. The van der Waals surface area contributed by atoms with E-state index in [2.05, 4.69) is 4.98 Å². The number of hydrogen-bond acceptors (Lipinski definition) is 1. The number of halogens is 2. The highest BCUT2D eigenvalue weighted by atomic mass is 35.5. The van der Waals surface area contributed by atoms with Gasteiger partial charge < -0.3 is 0 Å². The molecule has 1 aromatic carbocycles. The molecule has 0 amide bonds. The molecule has 0 N–H and O–H groups in total. The molecule has 0 fully saturated rings. The van der Waals surface area contributed by atoms with Crippen LogP contribution < -0.4 is 0 Å². The molecule has 60 valence electrons. The van der Waals surface area contributed by atoms with Gasteiger partial charge in [0.2, 0.25) is 0 Å². The molecule has 3 heteroatoms. The van der Waals surface area contributed by atoms with Gasteiger partial charge in [-0.2, -0.15) is 0 Å². The fraction of sp³-hybridized carbons (Fsp3) is 0. The van der Waals surface area contributed by atoms with E-state index in [1.807, 2.05) is 12.1 Å². The Hall–Kier alpha value is -0.790. The van der Waals surface area contributed by atoms with Gasteiger partial charge in [-0.25, -0.2) is 0 Å². The van der Waals surface area contributed by atoms with E-state index < -0.39 is 0 Å². The molecule has 1 heterocycles. The normalized spacial score (nSPS) is 10.5. The van der Waals surface area contributed by atoms with E-state index in [9.17, 15) is 0 Å². The summed E-state index contributed by atoms with van der Waals surface area (Å²) in [5.41, 5.74) is 0.829. The maximum atomic E-state index is 5.94. The van der Waals surface area contributed by atoms with Crippen molar-refractivity contribution in [1.82, 2.24) is 4.98 Å². The van der Waals surface area contributed by atoms with E-state index >= 15 is 0 Å². The fourth-order valence-electron chi connectivity index (χ4n) is 1.11. The molecule has 0 aliphatic rings. The second-order valence-corrected chi connectivity index (χ2v) is 3.30. The quantitative estimate of drug-likeness (QED) is 0.630. The predicted molar refractivity (Wildman–Crippen MR) is 51.8 cm³/mol. The average Bonchev–Trinajstić information content (AvgIpc) is 2.04. The summed E-state index contributed by atoms with van der Waals surface area (Å²) in [4.78, 5) is 4.13. The zero-order chi connectivity index (χ0) is 8.55. The third kappa shape index (κ3) is 1.26. The summed E-state index contributed by atoms with van der Waals surface area (Å²) in [6, 6.07) is 7.28. The van der Waals surface area contributed by atoms with Crippen molar-refractivity contribution >= 4 is 34.1 Å². The molecule has 0 unspecified atom stereocenters. The van der Waals surface area contributed by atoms with Crippen LogP contribution in [0, 0.1) is 0 Å². The largest absolute Gasteiger partial charge is 0.256 e. The van der Waals surface area contributed by atoms with E-state index in [0.717, 1.165) is 10.9 Å². The highest BCUT2D eigenvalue weighted by molar-refractivity contribution is 6.38. The predicted octanol–water partition coefficient (Wildman–Crippen LogP) is 3.54. The smallest absolute Gasteiger partial charge is 0.0731 e. The minimum atomic E-state index is 0.617. The molecule has 1 aromatic heterocycles. The third-order valence-electron chi connectivity index (χ3n) is 1.64. The molecular formula is C9H5Cl2N. The van der Waals surface area contributed by atoms with Crippen molar-refractivity contribution in [1.29, 1.82) is 0 Å². The van der Waals surface area contributed by atoms with Gasteiger partial charge in [0.25, 0.3) is 0 Å². The van der Waals surface area contributed by atoms with Crippen molar-refractivity contribution in [3.05, 3.63) is 40.5 Å². The summed E-state index contributed by atoms with van der Waals surface area (Å²) in [7, 11) is 0. The van der Waals surface area contributed by atoms with E-state index in [4.69, 9.17) is 23.2 Å². The van der Waals surface area contributed by atoms with Gasteiger partial charge in [-0.15, -0.1) is 0 Å². The molecule has 12 heavy (non-hydrogen) atoms. The first-order valence-corrected chi connectivity index (χ1v) is 4.23. The van der Waals surface area contributed by atoms with Gasteiger partial charge >= 0.3 is 0 Å². The molecule has 0 spiro atoms. The number of aromatic nitrogens is 1. The fourth-order valence-corrected chi connectivity index (χ4v) is 1.65. The molecule has 0 bridgehead atoms. The molecule has 0 atom stereocenters. The summed E-state index contributed by atoms with van der Waals surface area (Å²) in [6.07, 6.45) is 1.72. The van der Waals surface area contributed by atoms with Crippen LogP contribution in [0.15, 0.2) is 30.5 Å². The lowest BCUT2D eigenvalue weighted by molar-refractivity contribution is 1.41. The minimum absolute atomic E-state index is 0.617. The van der Waals surface area contributed by atoms with Crippen molar-refractivity contribution in [2.24, 2.45) is 0 Å². The number of rotatable bonds is 0. The second kappa shape index (κ2) is 2.92. The molecule has 0 saturated heterocycles. The summed E-state index contributed by atoms with van der Waals surface area (Å²) in [5, 5.41) is 2.19. The Morgan fingerprint density at radius 1 is 1.17 bits per heavy atom. The van der Waals surface area contributed by atoms with Crippen molar-refractivity contribution in [2.75, 3.05) is 0 Å². The molecule has 1 nitrogen and oxygen atoms in total. The molecule has 2 rings (SSSR count). The van der Waals surface area contributed by atoms with Gasteiger partial charge in [-0.3, -0.25) is 4.98 Å². The first-order valence-electron chi connectivity index (χ1n) is 3.47. The SMILES string of the molecule is Clc1cc(Cl)c2cccnc2c1. The van der Waals surface area contributed by atoms with Crippen LogP contribution in [0.25, 0.3) is 10.9 Å². The van der Waals surface area contributed by atoms with Crippen molar-refractivity contribution in [3.63, 3.8) is 0 Å². The summed E-state index contributed by atoms with van der Waals surface area (Å²) in [5.74, 6) is 0. The van der Waals surface area contributed by atoms with Gasteiger partial charge in [-0.1, -0.05) is 23.2 Å². The molecular weight excluding hydrogens is 193 g/mol. The molecule has 0 aliphatic heterocycles. The Morgan fingerprint density at radius 3 is 2.83 bits per heavy atom. The van der Waals surface area contributed by atoms with Crippen LogP contribution in [-0.4, -0.2) is 4.98 Å². The molecule has 2 aromatic rings.